The van der Waals surface area contributed by atoms with E-state index in [1.807, 2.05) is 17.4 Å². The number of thiophene rings is 1. The molecule has 0 bridgehead atoms. The molecule has 15 aromatic rings. The highest BCUT2D eigenvalue weighted by Crippen LogP contribution is 2.63. The molecular weight excluding hydrogens is 1060 g/mol. The van der Waals surface area contributed by atoms with Gasteiger partial charge < -0.3 is 18.6 Å². The van der Waals surface area contributed by atoms with Crippen molar-refractivity contribution in [2.75, 3.05) is 9.80 Å². The molecule has 0 amide bonds. The minimum atomic E-state index is -0.799. The topological polar surface area (TPSA) is 32.8 Å². The van der Waals surface area contributed by atoms with Crippen LogP contribution in [-0.4, -0.2) is 0 Å². The lowest BCUT2D eigenvalue weighted by Gasteiger charge is -2.36. The lowest BCUT2D eigenvalue weighted by molar-refractivity contribution is 0.590. The second-order valence-electron chi connectivity index (χ2n) is 25.2. The summed E-state index contributed by atoms with van der Waals surface area (Å²) in [4.78, 5) is 4.93. The lowest BCUT2D eigenvalue weighted by atomic mass is 9.67. The van der Waals surface area contributed by atoms with Crippen molar-refractivity contribution in [3.8, 4) is 22.3 Å². The maximum atomic E-state index is 6.76. The van der Waals surface area contributed by atoms with Crippen molar-refractivity contribution >= 4 is 110 Å². The standard InChI is InChI=1S/C81H62N2O2S/c1-79(2,3)53-31-35-57(36-32-53)82(60-39-43-64-62-26-16-18-28-71(62)84-73(64)48-60)59-41-45-66-68(47-59)81(55-22-12-8-13-23-55,56-24-14-9-15-25-56)69-50-70(77-67-42-30-52(51-20-10-7-11-21-51)46-75(67)86-78(77)76(66)69)83(58-37-33-54(34-38-58)80(4,5)6)61-40-44-65-63-27-17-19-29-72(63)85-74(65)49-61/h7-50H,1-6H3. The second kappa shape index (κ2) is 19.6. The van der Waals surface area contributed by atoms with Crippen LogP contribution < -0.4 is 9.80 Å². The van der Waals surface area contributed by atoms with Crippen LogP contribution in [-0.2, 0) is 16.2 Å². The minimum absolute atomic E-state index is 0.0214. The second-order valence-corrected chi connectivity index (χ2v) is 26.3. The van der Waals surface area contributed by atoms with E-state index in [2.05, 4.69) is 312 Å². The van der Waals surface area contributed by atoms with E-state index in [1.165, 1.54) is 75.8 Å². The summed E-state index contributed by atoms with van der Waals surface area (Å²) in [6.45, 7) is 13.7. The quantitative estimate of drug-likeness (QED) is 0.144. The summed E-state index contributed by atoms with van der Waals surface area (Å²) in [6, 6.07) is 98.9. The summed E-state index contributed by atoms with van der Waals surface area (Å²) in [6.07, 6.45) is 0. The number of hydrogen-bond acceptors (Lipinski definition) is 5. The zero-order valence-corrected chi connectivity index (χ0v) is 49.8. The van der Waals surface area contributed by atoms with Crippen LogP contribution in [0.4, 0.5) is 34.1 Å². The third-order valence-electron chi connectivity index (χ3n) is 18.0. The molecule has 1 aliphatic carbocycles. The normalized spacial score (nSPS) is 13.1. The maximum Gasteiger partial charge on any atom is 0.137 e. The van der Waals surface area contributed by atoms with Crippen molar-refractivity contribution in [1.82, 2.24) is 0 Å². The number of para-hydroxylation sites is 2. The number of nitrogens with zero attached hydrogens (tertiary/aromatic N) is 2. The van der Waals surface area contributed by atoms with Gasteiger partial charge in [0.1, 0.15) is 22.3 Å². The van der Waals surface area contributed by atoms with Gasteiger partial charge in [0, 0.05) is 87.9 Å². The Balaban J connectivity index is 1.02. The first kappa shape index (κ1) is 51.7. The predicted molar refractivity (Wildman–Crippen MR) is 363 cm³/mol. The van der Waals surface area contributed by atoms with Crippen LogP contribution in [0, 0.1) is 0 Å². The van der Waals surface area contributed by atoms with Gasteiger partial charge in [-0.1, -0.05) is 211 Å². The van der Waals surface area contributed by atoms with Crippen molar-refractivity contribution in [3.63, 3.8) is 0 Å². The number of fused-ring (bicyclic) bond motifs is 13. The Labute approximate surface area is 505 Å². The van der Waals surface area contributed by atoms with Crippen molar-refractivity contribution in [2.24, 2.45) is 0 Å². The highest BCUT2D eigenvalue weighted by Gasteiger charge is 2.48. The van der Waals surface area contributed by atoms with Crippen LogP contribution in [0.1, 0.15) is 74.9 Å². The van der Waals surface area contributed by atoms with E-state index in [0.29, 0.717) is 0 Å². The van der Waals surface area contributed by atoms with Gasteiger partial charge in [-0.3, -0.25) is 0 Å². The smallest absolute Gasteiger partial charge is 0.137 e. The minimum Gasteiger partial charge on any atom is -0.456 e. The van der Waals surface area contributed by atoms with Gasteiger partial charge in [0.15, 0.2) is 0 Å². The van der Waals surface area contributed by atoms with E-state index < -0.39 is 5.41 Å². The predicted octanol–water partition coefficient (Wildman–Crippen LogP) is 23.4. The highest BCUT2D eigenvalue weighted by molar-refractivity contribution is 7.26. The first-order chi connectivity index (χ1) is 41.9. The Kier molecular flexibility index (Phi) is 11.8. The molecule has 3 aromatic heterocycles. The molecule has 0 aliphatic heterocycles. The zero-order chi connectivity index (χ0) is 58.1. The van der Waals surface area contributed by atoms with Crippen LogP contribution in [0.2, 0.25) is 0 Å². The van der Waals surface area contributed by atoms with Crippen LogP contribution in [0.5, 0.6) is 0 Å². The number of anilines is 6. The maximum absolute atomic E-state index is 6.76. The molecule has 0 unspecified atom stereocenters. The van der Waals surface area contributed by atoms with E-state index in [4.69, 9.17) is 8.83 Å². The number of hydrogen-bond donors (Lipinski definition) is 0. The average molecular weight is 1130 g/mol. The average Bonchev–Trinajstić information content (AvgIpc) is 1.52. The van der Waals surface area contributed by atoms with Crippen LogP contribution >= 0.6 is 11.3 Å². The van der Waals surface area contributed by atoms with Gasteiger partial charge >= 0.3 is 0 Å². The Morgan fingerprint density at radius 1 is 0.349 bits per heavy atom. The molecule has 0 fully saturated rings. The Morgan fingerprint density at radius 2 is 0.802 bits per heavy atom. The fraction of sp³-hybridized carbons (Fsp3) is 0.111. The molecule has 0 saturated carbocycles. The van der Waals surface area contributed by atoms with E-state index in [0.717, 1.165) is 78.0 Å². The van der Waals surface area contributed by atoms with Gasteiger partial charge in [0.05, 0.1) is 11.1 Å². The fourth-order valence-corrected chi connectivity index (χ4v) is 15.1. The molecule has 4 nitrogen and oxygen atoms in total. The van der Waals surface area contributed by atoms with E-state index >= 15 is 0 Å². The number of furan rings is 2. The molecule has 1 aliphatic rings. The third kappa shape index (κ3) is 8.16. The fourth-order valence-electron chi connectivity index (χ4n) is 13.8. The van der Waals surface area contributed by atoms with Gasteiger partial charge in [0.2, 0.25) is 0 Å². The Bertz CT molecular complexity index is 5080. The summed E-state index contributed by atoms with van der Waals surface area (Å²) in [5, 5.41) is 6.83. The third-order valence-corrected chi connectivity index (χ3v) is 19.2. The molecule has 0 radical (unpaired) electrons. The van der Waals surface area contributed by atoms with Gasteiger partial charge in [0.25, 0.3) is 0 Å². The van der Waals surface area contributed by atoms with Gasteiger partial charge in [-0.2, -0.15) is 0 Å². The van der Waals surface area contributed by atoms with E-state index in [9.17, 15) is 0 Å². The van der Waals surface area contributed by atoms with Crippen LogP contribution in [0.25, 0.3) is 86.3 Å². The van der Waals surface area contributed by atoms with Crippen molar-refractivity contribution in [3.05, 3.63) is 300 Å². The summed E-state index contributed by atoms with van der Waals surface area (Å²) >= 11 is 1.91. The lowest BCUT2D eigenvalue weighted by Crippen LogP contribution is -2.29. The SMILES string of the molecule is CC(C)(C)c1ccc(N(c2ccc3c(c2)C(c2ccccc2)(c2ccccc2)c2cc(N(c4ccc(C(C)(C)C)cc4)c4ccc5c(c4)oc4ccccc45)c4c(sc5cc(-c6ccccc6)ccc54)c2-3)c2ccc3c(c2)oc2ccccc23)cc1. The Morgan fingerprint density at radius 3 is 1.36 bits per heavy atom. The summed E-state index contributed by atoms with van der Waals surface area (Å²) in [7, 11) is 0. The molecule has 0 saturated heterocycles. The highest BCUT2D eigenvalue weighted by atomic mass is 32.1. The molecule has 5 heteroatoms. The summed E-state index contributed by atoms with van der Waals surface area (Å²) < 4.78 is 15.9. The van der Waals surface area contributed by atoms with Gasteiger partial charge in [-0.25, -0.2) is 0 Å². The van der Waals surface area contributed by atoms with Gasteiger partial charge in [-0.05, 0) is 146 Å². The summed E-state index contributed by atoms with van der Waals surface area (Å²) in [5.74, 6) is 0. The van der Waals surface area contributed by atoms with E-state index in [1.54, 1.807) is 0 Å². The number of rotatable bonds is 9. The molecule has 0 N–H and O–H groups in total. The van der Waals surface area contributed by atoms with Crippen LogP contribution in [0.15, 0.2) is 276 Å². The van der Waals surface area contributed by atoms with E-state index in [-0.39, 0.29) is 10.8 Å². The monoisotopic (exact) mass is 1130 g/mol. The first-order valence-electron chi connectivity index (χ1n) is 29.9. The van der Waals surface area contributed by atoms with Gasteiger partial charge in [-0.15, -0.1) is 11.3 Å². The zero-order valence-electron chi connectivity index (χ0n) is 49.0. The molecule has 16 rings (SSSR count). The van der Waals surface area contributed by atoms with Crippen molar-refractivity contribution in [2.45, 2.75) is 57.8 Å². The molecule has 86 heavy (non-hydrogen) atoms. The molecule has 0 atom stereocenters. The van der Waals surface area contributed by atoms with Crippen LogP contribution in [0.3, 0.4) is 0 Å². The first-order valence-corrected chi connectivity index (χ1v) is 30.7. The molecule has 12 aromatic carbocycles. The Hall–Kier alpha value is -9.94. The summed E-state index contributed by atoms with van der Waals surface area (Å²) in [5.41, 5.74) is 21.1. The molecular formula is C81H62N2O2S. The van der Waals surface area contributed by atoms with Crippen molar-refractivity contribution < 1.29 is 8.83 Å². The molecule has 3 heterocycles. The molecule has 0 spiro atoms. The number of benzene rings is 12. The van der Waals surface area contributed by atoms with Crippen molar-refractivity contribution in [1.29, 1.82) is 0 Å². The molecule has 414 valence electrons. The largest absolute Gasteiger partial charge is 0.456 e.